The molecule has 0 spiro atoms. The Labute approximate surface area is 136 Å². The molecular formula is C15H17BrN2O4. The number of carbonyl (C=O) groups is 3. The summed E-state index contributed by atoms with van der Waals surface area (Å²) in [6.45, 7) is 1.99. The highest BCUT2D eigenvalue weighted by Gasteiger charge is 2.37. The Morgan fingerprint density at radius 2 is 2.14 bits per heavy atom. The van der Waals surface area contributed by atoms with Gasteiger partial charge in [0.25, 0.3) is 5.91 Å². The Kier molecular flexibility index (Phi) is 5.18. The number of likely N-dealkylation sites (tertiary alicyclic amines) is 1. The SMILES string of the molecule is CC1C(C(=O)O)CCN1C(=O)CNC(=O)c1cccc(Br)c1. The molecule has 2 atom stereocenters. The van der Waals surface area contributed by atoms with Crippen LogP contribution in [0.1, 0.15) is 23.7 Å². The lowest BCUT2D eigenvalue weighted by Crippen LogP contribution is -2.43. The number of hydrogen-bond acceptors (Lipinski definition) is 3. The topological polar surface area (TPSA) is 86.7 Å². The number of carbonyl (C=O) groups excluding carboxylic acids is 2. The molecular weight excluding hydrogens is 352 g/mol. The lowest BCUT2D eigenvalue weighted by atomic mass is 10.0. The number of rotatable bonds is 4. The molecule has 1 aliphatic heterocycles. The van der Waals surface area contributed by atoms with Crippen LogP contribution in [0.4, 0.5) is 0 Å². The molecule has 0 radical (unpaired) electrons. The molecule has 2 N–H and O–H groups in total. The van der Waals surface area contributed by atoms with E-state index in [1.165, 1.54) is 4.90 Å². The first-order chi connectivity index (χ1) is 10.4. The molecule has 1 aromatic rings. The van der Waals surface area contributed by atoms with Gasteiger partial charge in [-0.05, 0) is 31.5 Å². The summed E-state index contributed by atoms with van der Waals surface area (Å²) in [6.07, 6.45) is 0.446. The molecule has 7 heteroatoms. The molecule has 0 aromatic heterocycles. The monoisotopic (exact) mass is 368 g/mol. The standard InChI is InChI=1S/C15H17BrN2O4/c1-9-12(15(21)22)5-6-18(9)13(19)8-17-14(20)10-3-2-4-11(16)7-10/h2-4,7,9,12H,5-6,8H2,1H3,(H,17,20)(H,21,22). The fourth-order valence-corrected chi connectivity index (χ4v) is 3.01. The van der Waals surface area contributed by atoms with Crippen molar-refractivity contribution in [2.45, 2.75) is 19.4 Å². The van der Waals surface area contributed by atoms with Gasteiger partial charge in [0.15, 0.2) is 0 Å². The van der Waals surface area contributed by atoms with E-state index in [2.05, 4.69) is 21.2 Å². The van der Waals surface area contributed by atoms with Crippen molar-refractivity contribution in [3.63, 3.8) is 0 Å². The average Bonchev–Trinajstić information content (AvgIpc) is 2.86. The summed E-state index contributed by atoms with van der Waals surface area (Å²) in [5.74, 6) is -2.03. The minimum atomic E-state index is -0.888. The van der Waals surface area contributed by atoms with Crippen LogP contribution >= 0.6 is 15.9 Å². The van der Waals surface area contributed by atoms with Crippen LogP contribution in [0.5, 0.6) is 0 Å². The second-order valence-corrected chi connectivity index (χ2v) is 6.17. The van der Waals surface area contributed by atoms with Gasteiger partial charge in [-0.1, -0.05) is 22.0 Å². The van der Waals surface area contributed by atoms with Gasteiger partial charge in [0.1, 0.15) is 0 Å². The molecule has 0 saturated carbocycles. The molecule has 0 bridgehead atoms. The van der Waals surface area contributed by atoms with Crippen molar-refractivity contribution in [2.75, 3.05) is 13.1 Å². The summed E-state index contributed by atoms with van der Waals surface area (Å²) in [5.41, 5.74) is 0.458. The van der Waals surface area contributed by atoms with Crippen molar-refractivity contribution in [2.24, 2.45) is 5.92 Å². The number of nitrogens with zero attached hydrogens (tertiary/aromatic N) is 1. The van der Waals surface area contributed by atoms with Crippen molar-refractivity contribution < 1.29 is 19.5 Å². The van der Waals surface area contributed by atoms with Crippen molar-refractivity contribution in [1.29, 1.82) is 0 Å². The fourth-order valence-electron chi connectivity index (χ4n) is 2.61. The van der Waals surface area contributed by atoms with Crippen LogP contribution in [0.15, 0.2) is 28.7 Å². The van der Waals surface area contributed by atoms with Crippen molar-refractivity contribution in [3.05, 3.63) is 34.3 Å². The third kappa shape index (κ3) is 3.65. The van der Waals surface area contributed by atoms with Gasteiger partial charge in [-0.15, -0.1) is 0 Å². The minimum Gasteiger partial charge on any atom is -0.481 e. The first kappa shape index (κ1) is 16.5. The first-order valence-corrected chi connectivity index (χ1v) is 7.75. The van der Waals surface area contributed by atoms with Gasteiger partial charge >= 0.3 is 5.97 Å². The molecule has 1 aromatic carbocycles. The predicted octanol–water partition coefficient (Wildman–Crippen LogP) is 1.50. The summed E-state index contributed by atoms with van der Waals surface area (Å²) in [4.78, 5) is 36.7. The number of carboxylic acid groups (broad SMARTS) is 1. The largest absolute Gasteiger partial charge is 0.481 e. The molecule has 2 rings (SSSR count). The molecule has 0 aliphatic carbocycles. The zero-order valence-electron chi connectivity index (χ0n) is 12.1. The summed E-state index contributed by atoms with van der Waals surface area (Å²) >= 11 is 3.28. The minimum absolute atomic E-state index is 0.137. The Balaban J connectivity index is 1.91. The van der Waals surface area contributed by atoms with Gasteiger partial charge in [-0.3, -0.25) is 14.4 Å². The van der Waals surface area contributed by atoms with Crippen LogP contribution in [-0.4, -0.2) is 46.9 Å². The number of hydrogen-bond donors (Lipinski definition) is 2. The average molecular weight is 369 g/mol. The zero-order valence-corrected chi connectivity index (χ0v) is 13.7. The van der Waals surface area contributed by atoms with E-state index in [4.69, 9.17) is 5.11 Å². The van der Waals surface area contributed by atoms with Crippen LogP contribution in [-0.2, 0) is 9.59 Å². The van der Waals surface area contributed by atoms with E-state index >= 15 is 0 Å². The van der Waals surface area contributed by atoms with Gasteiger partial charge < -0.3 is 15.3 Å². The van der Waals surface area contributed by atoms with E-state index < -0.39 is 11.9 Å². The van der Waals surface area contributed by atoms with E-state index in [0.717, 1.165) is 4.47 Å². The smallest absolute Gasteiger partial charge is 0.308 e. The second kappa shape index (κ2) is 6.91. The van der Waals surface area contributed by atoms with Crippen LogP contribution in [0.25, 0.3) is 0 Å². The quantitative estimate of drug-likeness (QED) is 0.842. The number of amides is 2. The summed E-state index contributed by atoms with van der Waals surface area (Å²) in [5, 5.41) is 11.6. The normalized spacial score (nSPS) is 20.7. The van der Waals surface area contributed by atoms with Gasteiger partial charge in [0.2, 0.25) is 5.91 Å². The molecule has 118 valence electrons. The fraction of sp³-hybridized carbons (Fsp3) is 0.400. The van der Waals surface area contributed by atoms with Gasteiger partial charge in [0, 0.05) is 22.6 Å². The summed E-state index contributed by atoms with van der Waals surface area (Å²) in [7, 11) is 0. The maximum absolute atomic E-state index is 12.1. The van der Waals surface area contributed by atoms with E-state index in [-0.39, 0.29) is 24.4 Å². The first-order valence-electron chi connectivity index (χ1n) is 6.96. The maximum Gasteiger partial charge on any atom is 0.308 e. The lowest BCUT2D eigenvalue weighted by Gasteiger charge is -2.23. The highest BCUT2D eigenvalue weighted by Crippen LogP contribution is 2.24. The maximum atomic E-state index is 12.1. The number of benzene rings is 1. The number of halogens is 1. The van der Waals surface area contributed by atoms with Gasteiger partial charge in [-0.2, -0.15) is 0 Å². The molecule has 22 heavy (non-hydrogen) atoms. The molecule has 1 saturated heterocycles. The van der Waals surface area contributed by atoms with Crippen LogP contribution < -0.4 is 5.32 Å². The van der Waals surface area contributed by atoms with Gasteiger partial charge in [-0.25, -0.2) is 0 Å². The van der Waals surface area contributed by atoms with Crippen molar-refractivity contribution >= 4 is 33.7 Å². The lowest BCUT2D eigenvalue weighted by molar-refractivity contribution is -0.143. The highest BCUT2D eigenvalue weighted by atomic mass is 79.9. The van der Waals surface area contributed by atoms with E-state index in [1.807, 2.05) is 0 Å². The zero-order chi connectivity index (χ0) is 16.3. The Hall–Kier alpha value is -1.89. The van der Waals surface area contributed by atoms with E-state index in [0.29, 0.717) is 18.5 Å². The van der Waals surface area contributed by atoms with Crippen molar-refractivity contribution in [1.82, 2.24) is 10.2 Å². The Morgan fingerprint density at radius 1 is 1.41 bits per heavy atom. The molecule has 2 unspecified atom stereocenters. The third-order valence-electron chi connectivity index (χ3n) is 3.88. The summed E-state index contributed by atoms with van der Waals surface area (Å²) in [6, 6.07) is 6.51. The molecule has 6 nitrogen and oxygen atoms in total. The number of nitrogens with one attached hydrogen (secondary N) is 1. The van der Waals surface area contributed by atoms with E-state index in [1.54, 1.807) is 31.2 Å². The summed E-state index contributed by atoms with van der Waals surface area (Å²) < 4.78 is 0.781. The van der Waals surface area contributed by atoms with E-state index in [9.17, 15) is 14.4 Å². The van der Waals surface area contributed by atoms with Crippen LogP contribution in [0, 0.1) is 5.92 Å². The highest BCUT2D eigenvalue weighted by molar-refractivity contribution is 9.10. The van der Waals surface area contributed by atoms with Crippen LogP contribution in [0.2, 0.25) is 0 Å². The number of carboxylic acids is 1. The Morgan fingerprint density at radius 3 is 2.73 bits per heavy atom. The molecule has 1 fully saturated rings. The van der Waals surface area contributed by atoms with Crippen molar-refractivity contribution in [3.8, 4) is 0 Å². The third-order valence-corrected chi connectivity index (χ3v) is 4.37. The molecule has 2 amide bonds. The van der Waals surface area contributed by atoms with Gasteiger partial charge in [0.05, 0.1) is 12.5 Å². The predicted molar refractivity (Wildman–Crippen MR) is 83.4 cm³/mol. The number of aliphatic carboxylic acids is 1. The van der Waals surface area contributed by atoms with Crippen LogP contribution in [0.3, 0.4) is 0 Å². The molecule has 1 heterocycles. The Bertz CT molecular complexity index is 605. The molecule has 1 aliphatic rings. The second-order valence-electron chi connectivity index (χ2n) is 5.25.